The summed E-state index contributed by atoms with van der Waals surface area (Å²) in [5, 5.41) is 16.0. The smallest absolute Gasteiger partial charge is 0.290 e. The fraction of sp³-hybridized carbons (Fsp3) is 0.312. The van der Waals surface area contributed by atoms with Gasteiger partial charge in [0, 0.05) is 30.2 Å². The lowest BCUT2D eigenvalue weighted by Gasteiger charge is -2.31. The SMILES string of the molecule is O=C(NC1CCN(S(=O)(=O)c2ccc(Cl)cc2[N+](=O)[O-])CC1)c1cccs1. The highest BCUT2D eigenvalue weighted by Gasteiger charge is 2.34. The second-order valence-electron chi connectivity index (χ2n) is 6.00. The Hall–Kier alpha value is -2.01. The molecule has 2 aromatic rings. The Morgan fingerprint density at radius 2 is 2.00 bits per heavy atom. The van der Waals surface area contributed by atoms with Crippen LogP contribution in [0.4, 0.5) is 5.69 Å². The lowest BCUT2D eigenvalue weighted by Crippen LogP contribution is -2.46. The van der Waals surface area contributed by atoms with Crippen molar-refractivity contribution in [3.8, 4) is 0 Å². The first-order valence-corrected chi connectivity index (χ1v) is 10.8. The second-order valence-corrected chi connectivity index (χ2v) is 9.29. The number of rotatable bonds is 5. The Bertz CT molecular complexity index is 954. The van der Waals surface area contributed by atoms with Crippen LogP contribution < -0.4 is 5.32 Å². The normalized spacial score (nSPS) is 16.2. The molecule has 27 heavy (non-hydrogen) atoms. The van der Waals surface area contributed by atoms with Gasteiger partial charge >= 0.3 is 0 Å². The highest BCUT2D eigenvalue weighted by atomic mass is 35.5. The van der Waals surface area contributed by atoms with Gasteiger partial charge in [0.05, 0.1) is 9.80 Å². The fourth-order valence-electron chi connectivity index (χ4n) is 2.90. The number of thiophene rings is 1. The Labute approximate surface area is 165 Å². The Balaban J connectivity index is 1.70. The van der Waals surface area contributed by atoms with Crippen molar-refractivity contribution in [2.24, 2.45) is 0 Å². The molecule has 144 valence electrons. The topological polar surface area (TPSA) is 110 Å². The lowest BCUT2D eigenvalue weighted by atomic mass is 10.1. The molecule has 0 spiro atoms. The van der Waals surface area contributed by atoms with E-state index in [1.54, 1.807) is 12.1 Å². The zero-order valence-corrected chi connectivity index (χ0v) is 16.4. The van der Waals surface area contributed by atoms with E-state index in [2.05, 4.69) is 5.32 Å². The van der Waals surface area contributed by atoms with Crippen LogP contribution in [0.25, 0.3) is 0 Å². The molecule has 1 aromatic carbocycles. The number of sulfonamides is 1. The molecule has 3 rings (SSSR count). The Kier molecular flexibility index (Phi) is 5.80. The molecular formula is C16H16ClN3O5S2. The van der Waals surface area contributed by atoms with Crippen LogP contribution in [0, 0.1) is 10.1 Å². The van der Waals surface area contributed by atoms with E-state index in [1.807, 2.05) is 5.38 Å². The van der Waals surface area contributed by atoms with E-state index in [0.717, 1.165) is 12.1 Å². The van der Waals surface area contributed by atoms with Crippen LogP contribution >= 0.6 is 22.9 Å². The number of amides is 1. The minimum Gasteiger partial charge on any atom is -0.349 e. The first kappa shape index (κ1) is 19.7. The summed E-state index contributed by atoms with van der Waals surface area (Å²) >= 11 is 7.09. The van der Waals surface area contributed by atoms with Crippen molar-refractivity contribution in [3.05, 3.63) is 55.7 Å². The molecule has 0 aliphatic carbocycles. The van der Waals surface area contributed by atoms with Gasteiger partial charge < -0.3 is 5.32 Å². The van der Waals surface area contributed by atoms with Crippen LogP contribution in [0.2, 0.25) is 5.02 Å². The van der Waals surface area contributed by atoms with E-state index in [1.165, 1.54) is 21.7 Å². The van der Waals surface area contributed by atoms with Gasteiger partial charge in [0.15, 0.2) is 4.90 Å². The molecule has 0 bridgehead atoms. The van der Waals surface area contributed by atoms with Gasteiger partial charge in [0.25, 0.3) is 11.6 Å². The number of hydrogen-bond acceptors (Lipinski definition) is 6. The van der Waals surface area contributed by atoms with Gasteiger partial charge in [0.2, 0.25) is 10.0 Å². The minimum absolute atomic E-state index is 0.0932. The summed E-state index contributed by atoms with van der Waals surface area (Å²) in [6, 6.07) is 6.86. The number of carbonyl (C=O) groups excluding carboxylic acids is 1. The number of nitro benzene ring substituents is 1. The third-order valence-electron chi connectivity index (χ3n) is 4.27. The van der Waals surface area contributed by atoms with Crippen molar-refractivity contribution < 1.29 is 18.1 Å². The molecule has 1 aliphatic heterocycles. The van der Waals surface area contributed by atoms with E-state index in [9.17, 15) is 23.3 Å². The van der Waals surface area contributed by atoms with Gasteiger partial charge in [-0.05, 0) is 36.4 Å². The molecule has 0 atom stereocenters. The van der Waals surface area contributed by atoms with Crippen molar-refractivity contribution in [3.63, 3.8) is 0 Å². The predicted molar refractivity (Wildman–Crippen MR) is 102 cm³/mol. The monoisotopic (exact) mass is 429 g/mol. The summed E-state index contributed by atoms with van der Waals surface area (Å²) < 4.78 is 26.9. The molecule has 11 heteroatoms. The van der Waals surface area contributed by atoms with E-state index >= 15 is 0 Å². The molecule has 1 fully saturated rings. The predicted octanol–water partition coefficient (Wildman–Crippen LogP) is 2.89. The molecule has 0 saturated carbocycles. The number of halogens is 1. The molecule has 1 N–H and O–H groups in total. The Morgan fingerprint density at radius 1 is 1.30 bits per heavy atom. The molecule has 1 aromatic heterocycles. The molecule has 1 aliphatic rings. The lowest BCUT2D eigenvalue weighted by molar-refractivity contribution is -0.387. The first-order valence-electron chi connectivity index (χ1n) is 8.07. The van der Waals surface area contributed by atoms with Crippen LogP contribution in [-0.4, -0.2) is 42.7 Å². The molecule has 0 unspecified atom stereocenters. The van der Waals surface area contributed by atoms with E-state index in [-0.39, 0.29) is 35.0 Å². The van der Waals surface area contributed by atoms with Gasteiger partial charge in [-0.3, -0.25) is 14.9 Å². The number of hydrogen-bond donors (Lipinski definition) is 1. The molecular weight excluding hydrogens is 414 g/mol. The standard InChI is InChI=1S/C16H16ClN3O5S2/c17-11-3-4-15(13(10-11)20(22)23)27(24,25)19-7-5-12(6-8-19)18-16(21)14-2-1-9-26-14/h1-4,9-10,12H,5-8H2,(H,18,21). The van der Waals surface area contributed by atoms with Crippen molar-refractivity contribution >= 4 is 44.6 Å². The van der Waals surface area contributed by atoms with Crippen LogP contribution in [0.1, 0.15) is 22.5 Å². The van der Waals surface area contributed by atoms with E-state index in [0.29, 0.717) is 17.7 Å². The number of carbonyl (C=O) groups is 1. The molecule has 8 nitrogen and oxygen atoms in total. The number of nitrogens with one attached hydrogen (secondary N) is 1. The molecule has 1 saturated heterocycles. The summed E-state index contributed by atoms with van der Waals surface area (Å²) in [6.45, 7) is 0.328. The maximum absolute atomic E-state index is 12.8. The average Bonchev–Trinajstić information content (AvgIpc) is 3.16. The van der Waals surface area contributed by atoms with Gasteiger partial charge in [-0.2, -0.15) is 4.31 Å². The van der Waals surface area contributed by atoms with Crippen LogP contribution in [0.15, 0.2) is 40.6 Å². The van der Waals surface area contributed by atoms with Crippen molar-refractivity contribution in [1.82, 2.24) is 9.62 Å². The molecule has 1 amide bonds. The third-order valence-corrected chi connectivity index (χ3v) is 7.32. The average molecular weight is 430 g/mol. The number of piperidine rings is 1. The number of nitro groups is 1. The number of nitrogens with zero attached hydrogens (tertiary/aromatic N) is 2. The van der Waals surface area contributed by atoms with Crippen LogP contribution in [0.3, 0.4) is 0 Å². The van der Waals surface area contributed by atoms with Crippen molar-refractivity contribution in [2.45, 2.75) is 23.8 Å². The molecule has 0 radical (unpaired) electrons. The zero-order chi connectivity index (χ0) is 19.6. The zero-order valence-electron chi connectivity index (χ0n) is 14.0. The quantitative estimate of drug-likeness (QED) is 0.580. The summed E-state index contributed by atoms with van der Waals surface area (Å²) in [5.41, 5.74) is -0.546. The highest BCUT2D eigenvalue weighted by Crippen LogP contribution is 2.30. The molecule has 2 heterocycles. The third kappa shape index (κ3) is 4.29. The largest absolute Gasteiger partial charge is 0.349 e. The second kappa shape index (κ2) is 7.93. The maximum atomic E-state index is 12.8. The van der Waals surface area contributed by atoms with E-state index < -0.39 is 20.6 Å². The fourth-order valence-corrected chi connectivity index (χ4v) is 5.30. The first-order chi connectivity index (χ1) is 12.8. The van der Waals surface area contributed by atoms with E-state index in [4.69, 9.17) is 11.6 Å². The highest BCUT2D eigenvalue weighted by molar-refractivity contribution is 7.89. The summed E-state index contributed by atoms with van der Waals surface area (Å²) in [5.74, 6) is -0.181. The van der Waals surface area contributed by atoms with Gasteiger partial charge in [-0.25, -0.2) is 8.42 Å². The summed E-state index contributed by atoms with van der Waals surface area (Å²) in [6.07, 6.45) is 0.857. The van der Waals surface area contributed by atoms with Crippen LogP contribution in [-0.2, 0) is 10.0 Å². The van der Waals surface area contributed by atoms with Crippen molar-refractivity contribution in [1.29, 1.82) is 0 Å². The minimum atomic E-state index is -4.03. The maximum Gasteiger partial charge on any atom is 0.290 e. The number of benzene rings is 1. The van der Waals surface area contributed by atoms with Gasteiger partial charge in [-0.15, -0.1) is 11.3 Å². The summed E-state index contributed by atoms with van der Waals surface area (Å²) in [4.78, 5) is 22.8. The van der Waals surface area contributed by atoms with Gasteiger partial charge in [0.1, 0.15) is 0 Å². The Morgan fingerprint density at radius 3 is 2.59 bits per heavy atom. The van der Waals surface area contributed by atoms with Crippen molar-refractivity contribution in [2.75, 3.05) is 13.1 Å². The van der Waals surface area contributed by atoms with Gasteiger partial charge in [-0.1, -0.05) is 17.7 Å². The van der Waals surface area contributed by atoms with Crippen LogP contribution in [0.5, 0.6) is 0 Å². The summed E-state index contributed by atoms with van der Waals surface area (Å²) in [7, 11) is -4.03.